The Hall–Kier alpha value is -2.31. The molecule has 4 N–H and O–H groups in total. The Morgan fingerprint density at radius 1 is 1.33 bits per heavy atom. The molecule has 1 aromatic carbocycles. The quantitative estimate of drug-likeness (QED) is 0.323. The lowest BCUT2D eigenvalue weighted by atomic mass is 10.2. The van der Waals surface area contributed by atoms with Crippen LogP contribution < -0.4 is 21.3 Å². The summed E-state index contributed by atoms with van der Waals surface area (Å²) in [4.78, 5) is 13.5. The minimum Gasteiger partial charge on any atom is -0.473 e. The average molecular weight is 349 g/mol. The third-order valence-electron chi connectivity index (χ3n) is 3.56. The molecule has 7 heteroatoms. The molecule has 24 heavy (non-hydrogen) atoms. The van der Waals surface area contributed by atoms with Crippen LogP contribution >= 0.6 is 11.6 Å². The van der Waals surface area contributed by atoms with E-state index in [1.165, 1.54) is 12.8 Å². The van der Waals surface area contributed by atoms with Crippen molar-refractivity contribution >= 4 is 23.7 Å². The van der Waals surface area contributed by atoms with E-state index in [1.807, 2.05) is 37.4 Å². The molecule has 1 saturated carbocycles. The lowest BCUT2D eigenvalue weighted by molar-refractivity contribution is -0.109. The van der Waals surface area contributed by atoms with Gasteiger partial charge in [-0.3, -0.25) is 10.2 Å². The first-order valence-corrected chi connectivity index (χ1v) is 8.02. The fourth-order valence-corrected chi connectivity index (χ4v) is 2.43. The number of hydrazine groups is 1. The van der Waals surface area contributed by atoms with Crippen molar-refractivity contribution in [2.75, 3.05) is 12.4 Å². The van der Waals surface area contributed by atoms with E-state index in [0.717, 1.165) is 16.9 Å². The van der Waals surface area contributed by atoms with E-state index in [4.69, 9.17) is 21.1 Å². The fourth-order valence-electron chi connectivity index (χ4n) is 2.20. The number of hydrogen-bond acceptors (Lipinski definition) is 5. The van der Waals surface area contributed by atoms with Crippen LogP contribution in [0.25, 0.3) is 0 Å². The molecule has 0 spiro atoms. The number of ether oxygens (including phenoxy) is 1. The van der Waals surface area contributed by atoms with Crippen molar-refractivity contribution in [3.05, 3.63) is 52.7 Å². The monoisotopic (exact) mass is 348 g/mol. The number of hydrogen-bond donors (Lipinski definition) is 3. The number of pyridine rings is 1. The predicted octanol–water partition coefficient (Wildman–Crippen LogP) is 2.84. The number of aromatic nitrogens is 1. The Kier molecular flexibility index (Phi) is 6.84. The summed E-state index contributed by atoms with van der Waals surface area (Å²) in [5.74, 6) is 5.70. The van der Waals surface area contributed by atoms with Crippen LogP contribution in [-0.4, -0.2) is 18.4 Å². The Morgan fingerprint density at radius 2 is 2.04 bits per heavy atom. The topological polar surface area (TPSA) is 89.3 Å². The normalized spacial score (nSPS) is 12.6. The largest absolute Gasteiger partial charge is 0.473 e. The van der Waals surface area contributed by atoms with Crippen LogP contribution in [0.15, 0.2) is 36.4 Å². The number of carbonyl (C=O) groups excluding carboxylic acids is 1. The lowest BCUT2D eigenvalue weighted by Gasteiger charge is -2.12. The van der Waals surface area contributed by atoms with Gasteiger partial charge >= 0.3 is 0 Å². The van der Waals surface area contributed by atoms with Gasteiger partial charge in [-0.15, -0.1) is 0 Å². The Morgan fingerprint density at radius 3 is 2.67 bits per heavy atom. The molecule has 0 unspecified atom stereocenters. The summed E-state index contributed by atoms with van der Waals surface area (Å²) < 4.78 is 5.80. The second-order valence-electron chi connectivity index (χ2n) is 5.26. The first kappa shape index (κ1) is 18.0. The van der Waals surface area contributed by atoms with Crippen molar-refractivity contribution < 1.29 is 9.53 Å². The molecular formula is C17H21ClN4O2. The maximum Gasteiger partial charge on any atom is 0.221 e. The first-order valence-electron chi connectivity index (χ1n) is 7.64. The number of anilines is 1. The molecule has 1 aromatic heterocycles. The Balaban J connectivity index is 0.000000471. The van der Waals surface area contributed by atoms with Gasteiger partial charge in [-0.25, -0.2) is 10.8 Å². The molecule has 128 valence electrons. The smallest absolute Gasteiger partial charge is 0.221 e. The summed E-state index contributed by atoms with van der Waals surface area (Å²) >= 11 is 6.23. The minimum atomic E-state index is 0.403. The van der Waals surface area contributed by atoms with Gasteiger partial charge in [0.25, 0.3) is 0 Å². The molecule has 6 nitrogen and oxygen atoms in total. The van der Waals surface area contributed by atoms with Gasteiger partial charge in [0.15, 0.2) is 0 Å². The van der Waals surface area contributed by atoms with E-state index in [-0.39, 0.29) is 0 Å². The minimum absolute atomic E-state index is 0.403. The zero-order valence-corrected chi connectivity index (χ0v) is 14.2. The standard InChI is InChI=1S/C16H17ClN2O.CH4N2O/c1-18-15-6-2-4-13(17)12(15)10-20-16-7-3-5-14(19-16)11-8-9-11;2-3-1-4/h2-7,11,18H,8-10H2,1H3;1H,2H2,(H,3,4). The molecule has 0 aliphatic heterocycles. The van der Waals surface area contributed by atoms with Crippen LogP contribution in [0.5, 0.6) is 5.88 Å². The highest BCUT2D eigenvalue weighted by Crippen LogP contribution is 2.39. The Bertz CT molecular complexity index is 677. The van der Waals surface area contributed by atoms with E-state index in [0.29, 0.717) is 29.8 Å². The van der Waals surface area contributed by atoms with E-state index in [2.05, 4.69) is 22.2 Å². The van der Waals surface area contributed by atoms with E-state index in [9.17, 15) is 0 Å². The number of nitrogens with two attached hydrogens (primary N) is 1. The fraction of sp³-hybridized carbons (Fsp3) is 0.294. The summed E-state index contributed by atoms with van der Waals surface area (Å²) in [5, 5.41) is 3.83. The van der Waals surface area contributed by atoms with Gasteiger partial charge in [0, 0.05) is 41.0 Å². The highest BCUT2D eigenvalue weighted by atomic mass is 35.5. The molecule has 0 atom stereocenters. The molecule has 1 aliphatic carbocycles. The van der Waals surface area contributed by atoms with E-state index < -0.39 is 0 Å². The third-order valence-corrected chi connectivity index (χ3v) is 3.92. The maximum absolute atomic E-state index is 8.94. The number of nitrogens with zero attached hydrogens (tertiary/aromatic N) is 1. The summed E-state index contributed by atoms with van der Waals surface area (Å²) in [6, 6.07) is 11.7. The molecule has 0 radical (unpaired) electrons. The van der Waals surface area contributed by atoms with Crippen molar-refractivity contribution in [2.45, 2.75) is 25.4 Å². The molecule has 0 saturated heterocycles. The Labute approximate surface area is 146 Å². The second-order valence-corrected chi connectivity index (χ2v) is 5.67. The third kappa shape index (κ3) is 5.11. The van der Waals surface area contributed by atoms with Crippen LogP contribution in [0.4, 0.5) is 5.69 Å². The number of benzene rings is 1. The molecular weight excluding hydrogens is 328 g/mol. The van der Waals surface area contributed by atoms with Crippen molar-refractivity contribution in [3.63, 3.8) is 0 Å². The molecule has 1 fully saturated rings. The van der Waals surface area contributed by atoms with Crippen LogP contribution in [0.2, 0.25) is 5.02 Å². The van der Waals surface area contributed by atoms with Crippen molar-refractivity contribution in [3.8, 4) is 5.88 Å². The van der Waals surface area contributed by atoms with Gasteiger partial charge in [-0.1, -0.05) is 23.7 Å². The SMILES string of the molecule is CNc1cccc(Cl)c1COc1cccc(C2CC2)n1.NNC=O. The number of halogens is 1. The van der Waals surface area contributed by atoms with Gasteiger partial charge in [0.1, 0.15) is 6.61 Å². The summed E-state index contributed by atoms with van der Waals surface area (Å²) in [6.45, 7) is 0.414. The van der Waals surface area contributed by atoms with Gasteiger partial charge < -0.3 is 10.1 Å². The lowest BCUT2D eigenvalue weighted by Crippen LogP contribution is -2.18. The van der Waals surface area contributed by atoms with Gasteiger partial charge in [-0.2, -0.15) is 0 Å². The van der Waals surface area contributed by atoms with Crippen LogP contribution in [0.3, 0.4) is 0 Å². The van der Waals surface area contributed by atoms with Crippen molar-refractivity contribution in [1.29, 1.82) is 0 Å². The van der Waals surface area contributed by atoms with E-state index >= 15 is 0 Å². The van der Waals surface area contributed by atoms with Gasteiger partial charge in [0.05, 0.1) is 0 Å². The summed E-state index contributed by atoms with van der Waals surface area (Å²) in [7, 11) is 1.88. The zero-order valence-electron chi connectivity index (χ0n) is 13.5. The first-order chi connectivity index (χ1) is 11.7. The predicted molar refractivity (Wildman–Crippen MR) is 94.9 cm³/mol. The number of amides is 1. The van der Waals surface area contributed by atoms with Crippen LogP contribution in [0, 0.1) is 0 Å². The zero-order chi connectivity index (χ0) is 17.4. The van der Waals surface area contributed by atoms with Crippen molar-refractivity contribution in [2.24, 2.45) is 5.84 Å². The second kappa shape index (κ2) is 9.10. The average Bonchev–Trinajstić information content (AvgIpc) is 3.46. The van der Waals surface area contributed by atoms with Gasteiger partial charge in [-0.05, 0) is 31.0 Å². The van der Waals surface area contributed by atoms with Gasteiger partial charge in [0.2, 0.25) is 12.3 Å². The summed E-state index contributed by atoms with van der Waals surface area (Å²) in [5.41, 5.74) is 4.82. The molecule has 3 rings (SSSR count). The molecule has 2 aromatic rings. The number of carbonyl (C=O) groups is 1. The molecule has 1 aliphatic rings. The van der Waals surface area contributed by atoms with Crippen LogP contribution in [0.1, 0.15) is 30.0 Å². The highest BCUT2D eigenvalue weighted by molar-refractivity contribution is 6.31. The number of rotatable bonds is 6. The van der Waals surface area contributed by atoms with Crippen molar-refractivity contribution in [1.82, 2.24) is 10.4 Å². The molecule has 1 amide bonds. The maximum atomic E-state index is 8.94. The molecule has 0 bridgehead atoms. The van der Waals surface area contributed by atoms with E-state index in [1.54, 1.807) is 5.43 Å². The van der Waals surface area contributed by atoms with Crippen LogP contribution in [-0.2, 0) is 11.4 Å². The number of nitrogens with one attached hydrogen (secondary N) is 2. The molecule has 1 heterocycles. The summed E-state index contributed by atoms with van der Waals surface area (Å²) in [6.07, 6.45) is 2.88. The highest BCUT2D eigenvalue weighted by Gasteiger charge is 2.25.